The Morgan fingerprint density at radius 1 is 1.19 bits per heavy atom. The van der Waals surface area contributed by atoms with Crippen LogP contribution in [0.25, 0.3) is 0 Å². The van der Waals surface area contributed by atoms with Crippen LogP contribution in [0.3, 0.4) is 0 Å². The third kappa shape index (κ3) is 4.04. The Hall–Kier alpha value is -1.59. The van der Waals surface area contributed by atoms with Crippen molar-refractivity contribution in [3.05, 3.63) is 28.8 Å². The van der Waals surface area contributed by atoms with Crippen molar-refractivity contribution in [1.82, 2.24) is 9.80 Å². The number of β-amino-alcohol motifs (C(OH)–C–C–N with tert-alkyl or cyclic N) is 1. The van der Waals surface area contributed by atoms with E-state index in [0.29, 0.717) is 13.0 Å². The van der Waals surface area contributed by atoms with E-state index in [1.54, 1.807) is 7.11 Å². The number of hydrogen-bond acceptors (Lipinski definition) is 4. The predicted molar refractivity (Wildman–Crippen MR) is 102 cm³/mol. The van der Waals surface area contributed by atoms with Crippen molar-refractivity contribution < 1.29 is 14.6 Å². The summed E-state index contributed by atoms with van der Waals surface area (Å²) in [6.45, 7) is 8.61. The number of aryl methyl sites for hydroxylation is 2. The summed E-state index contributed by atoms with van der Waals surface area (Å²) in [6.07, 6.45) is 3.87. The summed E-state index contributed by atoms with van der Waals surface area (Å²) >= 11 is 0. The van der Waals surface area contributed by atoms with E-state index in [2.05, 4.69) is 30.9 Å². The van der Waals surface area contributed by atoms with Gasteiger partial charge in [0.2, 0.25) is 5.91 Å². The van der Waals surface area contributed by atoms with Crippen LogP contribution in [0.2, 0.25) is 0 Å². The standard InChI is InChI=1S/C21H32N2O3/c1-16-12-17(2)20(26-3)18(13-16)14-22-8-6-21(7-9-22)5-4-19(25)23(15-21)10-11-24/h12-13,24H,4-11,14-15H2,1-3H3. The van der Waals surface area contributed by atoms with Crippen molar-refractivity contribution in [2.24, 2.45) is 5.41 Å². The van der Waals surface area contributed by atoms with E-state index in [1.165, 1.54) is 16.7 Å². The Bertz CT molecular complexity index is 651. The lowest BCUT2D eigenvalue weighted by Crippen LogP contribution is -2.51. The summed E-state index contributed by atoms with van der Waals surface area (Å²) in [5.74, 6) is 1.21. The average Bonchev–Trinajstić information content (AvgIpc) is 2.60. The summed E-state index contributed by atoms with van der Waals surface area (Å²) in [4.78, 5) is 16.4. The monoisotopic (exact) mass is 360 g/mol. The molecule has 0 unspecified atom stereocenters. The normalized spacial score (nSPS) is 20.6. The number of rotatable bonds is 5. The number of piperidine rings is 2. The van der Waals surface area contributed by atoms with Gasteiger partial charge in [0.05, 0.1) is 13.7 Å². The smallest absolute Gasteiger partial charge is 0.222 e. The SMILES string of the molecule is COc1c(C)cc(C)cc1CN1CCC2(CCC(=O)N(CCO)C2)CC1. The molecule has 0 bridgehead atoms. The molecule has 1 aromatic carbocycles. The van der Waals surface area contributed by atoms with E-state index in [1.807, 2.05) is 4.90 Å². The van der Waals surface area contributed by atoms with Crippen LogP contribution in [0.15, 0.2) is 12.1 Å². The summed E-state index contributed by atoms with van der Waals surface area (Å²) in [5, 5.41) is 9.21. The summed E-state index contributed by atoms with van der Waals surface area (Å²) in [7, 11) is 1.75. The van der Waals surface area contributed by atoms with Crippen LogP contribution < -0.4 is 4.74 Å². The van der Waals surface area contributed by atoms with E-state index in [0.717, 1.165) is 51.2 Å². The van der Waals surface area contributed by atoms with Crippen LogP contribution in [-0.4, -0.2) is 60.7 Å². The fraction of sp³-hybridized carbons (Fsp3) is 0.667. The third-order valence-electron chi connectivity index (χ3n) is 6.13. The molecule has 2 heterocycles. The first-order chi connectivity index (χ1) is 12.5. The maximum atomic E-state index is 12.0. The first kappa shape index (κ1) is 19.2. The minimum Gasteiger partial charge on any atom is -0.496 e. The van der Waals surface area contributed by atoms with Crippen molar-refractivity contribution >= 4 is 5.91 Å². The van der Waals surface area contributed by atoms with Gasteiger partial charge in [-0.1, -0.05) is 17.7 Å². The highest BCUT2D eigenvalue weighted by molar-refractivity contribution is 5.77. The van der Waals surface area contributed by atoms with Gasteiger partial charge in [0.1, 0.15) is 5.75 Å². The van der Waals surface area contributed by atoms with E-state index in [9.17, 15) is 9.90 Å². The second-order valence-electron chi connectivity index (χ2n) is 8.09. The van der Waals surface area contributed by atoms with Gasteiger partial charge in [0.25, 0.3) is 0 Å². The highest BCUT2D eigenvalue weighted by atomic mass is 16.5. The van der Waals surface area contributed by atoms with Gasteiger partial charge in [-0.05, 0) is 57.2 Å². The number of carbonyl (C=O) groups is 1. The molecule has 5 nitrogen and oxygen atoms in total. The van der Waals surface area contributed by atoms with Gasteiger partial charge in [-0.15, -0.1) is 0 Å². The molecule has 1 amide bonds. The Morgan fingerprint density at radius 2 is 1.92 bits per heavy atom. The van der Waals surface area contributed by atoms with Crippen molar-refractivity contribution in [3.63, 3.8) is 0 Å². The van der Waals surface area contributed by atoms with Crippen LogP contribution in [-0.2, 0) is 11.3 Å². The largest absolute Gasteiger partial charge is 0.496 e. The molecule has 2 aliphatic heterocycles. The topological polar surface area (TPSA) is 53.0 Å². The maximum absolute atomic E-state index is 12.0. The lowest BCUT2D eigenvalue weighted by Gasteiger charge is -2.47. The van der Waals surface area contributed by atoms with Crippen LogP contribution in [0.4, 0.5) is 0 Å². The highest BCUT2D eigenvalue weighted by Gasteiger charge is 2.40. The summed E-state index contributed by atoms with van der Waals surface area (Å²) < 4.78 is 5.64. The fourth-order valence-corrected chi connectivity index (χ4v) is 4.71. The van der Waals surface area contributed by atoms with Crippen LogP contribution in [0, 0.1) is 19.3 Å². The van der Waals surface area contributed by atoms with Crippen molar-refractivity contribution in [2.75, 3.05) is 39.9 Å². The molecule has 0 aliphatic carbocycles. The second kappa shape index (κ2) is 7.97. The molecule has 0 atom stereocenters. The molecule has 3 rings (SSSR count). The first-order valence-electron chi connectivity index (χ1n) is 9.71. The van der Waals surface area contributed by atoms with Gasteiger partial charge < -0.3 is 14.7 Å². The second-order valence-corrected chi connectivity index (χ2v) is 8.09. The average molecular weight is 360 g/mol. The highest BCUT2D eigenvalue weighted by Crippen LogP contribution is 2.40. The molecule has 2 saturated heterocycles. The zero-order valence-electron chi connectivity index (χ0n) is 16.4. The number of hydrogen-bond donors (Lipinski definition) is 1. The van der Waals surface area contributed by atoms with Crippen molar-refractivity contribution in [1.29, 1.82) is 0 Å². The zero-order valence-corrected chi connectivity index (χ0v) is 16.4. The third-order valence-corrected chi connectivity index (χ3v) is 6.13. The molecule has 1 aromatic rings. The number of benzene rings is 1. The number of aliphatic hydroxyl groups excluding tert-OH is 1. The van der Waals surface area contributed by atoms with Crippen LogP contribution in [0.1, 0.15) is 42.4 Å². The van der Waals surface area contributed by atoms with Gasteiger partial charge in [-0.25, -0.2) is 0 Å². The fourth-order valence-electron chi connectivity index (χ4n) is 4.71. The Balaban J connectivity index is 1.63. The minimum atomic E-state index is 0.0560. The Kier molecular flexibility index (Phi) is 5.88. The van der Waals surface area contributed by atoms with Crippen molar-refractivity contribution in [3.8, 4) is 5.75 Å². The van der Waals surface area contributed by atoms with Gasteiger partial charge >= 0.3 is 0 Å². The van der Waals surface area contributed by atoms with Crippen LogP contribution >= 0.6 is 0 Å². The van der Waals surface area contributed by atoms with Gasteiger partial charge in [-0.2, -0.15) is 0 Å². The minimum absolute atomic E-state index is 0.0560. The molecular formula is C21H32N2O3. The Labute approximate surface area is 156 Å². The van der Waals surface area contributed by atoms with Gasteiger partial charge in [0.15, 0.2) is 0 Å². The molecule has 0 radical (unpaired) electrons. The number of aliphatic hydroxyl groups is 1. The zero-order chi connectivity index (χ0) is 18.7. The molecule has 26 heavy (non-hydrogen) atoms. The lowest BCUT2D eigenvalue weighted by molar-refractivity contribution is -0.139. The molecular weight excluding hydrogens is 328 g/mol. The number of amides is 1. The van der Waals surface area contributed by atoms with E-state index >= 15 is 0 Å². The van der Waals surface area contributed by atoms with Crippen molar-refractivity contribution in [2.45, 2.75) is 46.1 Å². The molecule has 5 heteroatoms. The quantitative estimate of drug-likeness (QED) is 0.877. The number of methoxy groups -OCH3 is 1. The molecule has 144 valence electrons. The Morgan fingerprint density at radius 3 is 2.58 bits per heavy atom. The maximum Gasteiger partial charge on any atom is 0.222 e. The molecule has 0 aromatic heterocycles. The summed E-state index contributed by atoms with van der Waals surface area (Å²) in [6, 6.07) is 4.40. The molecule has 1 spiro atoms. The number of carbonyl (C=O) groups excluding carboxylic acids is 1. The molecule has 1 N–H and O–H groups in total. The number of ether oxygens (including phenoxy) is 1. The van der Waals surface area contributed by atoms with E-state index in [-0.39, 0.29) is 17.9 Å². The van der Waals surface area contributed by atoms with E-state index in [4.69, 9.17) is 4.74 Å². The molecule has 0 saturated carbocycles. The van der Waals surface area contributed by atoms with Gasteiger partial charge in [0, 0.05) is 31.6 Å². The number of likely N-dealkylation sites (tertiary alicyclic amines) is 2. The number of nitrogens with zero attached hydrogens (tertiary/aromatic N) is 2. The lowest BCUT2D eigenvalue weighted by atomic mass is 9.72. The predicted octanol–water partition coefficient (Wildman–Crippen LogP) is 2.51. The first-order valence-corrected chi connectivity index (χ1v) is 9.71. The molecule has 2 aliphatic rings. The molecule has 2 fully saturated rings. The van der Waals surface area contributed by atoms with E-state index < -0.39 is 0 Å². The summed E-state index contributed by atoms with van der Waals surface area (Å²) in [5.41, 5.74) is 3.98. The van der Waals surface area contributed by atoms with Crippen LogP contribution in [0.5, 0.6) is 5.75 Å². The van der Waals surface area contributed by atoms with Gasteiger partial charge in [-0.3, -0.25) is 9.69 Å².